The maximum atomic E-state index is 13.3. The number of amides is 1. The summed E-state index contributed by atoms with van der Waals surface area (Å²) >= 11 is 0. The van der Waals surface area contributed by atoms with Crippen molar-refractivity contribution in [2.24, 2.45) is 0 Å². The Bertz CT molecular complexity index is 1460. The summed E-state index contributed by atoms with van der Waals surface area (Å²) in [5, 5.41) is 6.39. The van der Waals surface area contributed by atoms with Crippen LogP contribution in [0.2, 0.25) is 0 Å². The molecule has 8 heteroatoms. The van der Waals surface area contributed by atoms with Crippen LogP contribution < -0.4 is 10.6 Å². The number of hydrogen-bond donors (Lipinski definition) is 2. The van der Waals surface area contributed by atoms with Gasteiger partial charge in [-0.2, -0.15) is 4.31 Å². The van der Waals surface area contributed by atoms with Crippen LogP contribution in [0.1, 0.15) is 43.4 Å². The van der Waals surface area contributed by atoms with Gasteiger partial charge < -0.3 is 10.6 Å². The first-order valence-corrected chi connectivity index (χ1v) is 14.5. The van der Waals surface area contributed by atoms with Gasteiger partial charge in [-0.1, -0.05) is 42.5 Å². The highest BCUT2D eigenvalue weighted by atomic mass is 32.2. The van der Waals surface area contributed by atoms with Crippen LogP contribution in [0.15, 0.2) is 77.7 Å². The molecule has 7 nitrogen and oxygen atoms in total. The molecule has 2 aliphatic heterocycles. The van der Waals surface area contributed by atoms with Crippen LogP contribution in [0.4, 0.5) is 11.4 Å². The quantitative estimate of drug-likeness (QED) is 0.389. The molecule has 198 valence electrons. The molecule has 0 unspecified atom stereocenters. The number of benzene rings is 3. The summed E-state index contributed by atoms with van der Waals surface area (Å²) in [6.45, 7) is 6.88. The van der Waals surface area contributed by atoms with E-state index >= 15 is 0 Å². The Kier molecular flexibility index (Phi) is 7.38. The first-order chi connectivity index (χ1) is 18.2. The van der Waals surface area contributed by atoms with Crippen molar-refractivity contribution in [3.63, 3.8) is 0 Å². The Morgan fingerprint density at radius 3 is 2.34 bits per heavy atom. The van der Waals surface area contributed by atoms with E-state index in [1.54, 1.807) is 25.2 Å². The fourth-order valence-electron chi connectivity index (χ4n) is 4.92. The van der Waals surface area contributed by atoms with E-state index in [9.17, 15) is 13.2 Å². The molecule has 2 heterocycles. The van der Waals surface area contributed by atoms with E-state index in [-0.39, 0.29) is 16.8 Å². The van der Waals surface area contributed by atoms with Crippen LogP contribution in [0.25, 0.3) is 11.3 Å². The molecule has 0 aliphatic carbocycles. The Balaban J connectivity index is 1.55. The van der Waals surface area contributed by atoms with Gasteiger partial charge in [-0.05, 0) is 81.2 Å². The van der Waals surface area contributed by atoms with Crippen molar-refractivity contribution in [1.29, 1.82) is 0 Å². The van der Waals surface area contributed by atoms with Crippen molar-refractivity contribution < 1.29 is 13.2 Å². The highest BCUT2D eigenvalue weighted by Gasteiger charge is 2.31. The minimum absolute atomic E-state index is 0.153. The van der Waals surface area contributed by atoms with Crippen molar-refractivity contribution in [3.05, 3.63) is 89.5 Å². The molecule has 1 fully saturated rings. The van der Waals surface area contributed by atoms with E-state index in [2.05, 4.69) is 27.7 Å². The second-order valence-electron chi connectivity index (χ2n) is 10.2. The zero-order valence-electron chi connectivity index (χ0n) is 22.1. The van der Waals surface area contributed by atoms with Crippen molar-refractivity contribution >= 4 is 38.6 Å². The standard InChI is InChI=1S/C30H34N4O3S/c1-21(2)33(3)38(36,37)25-15-16-27-26(19-25)28(30(35)32-27)29(23-9-5-4-6-10-23)31-24-13-11-22(12-14-24)20-34-17-7-8-18-34/h4-6,9-16,19,21,31H,7-8,17-18,20H2,1-3H3,(H,32,35)/b29-28-. The van der Waals surface area contributed by atoms with Crippen molar-refractivity contribution in [2.45, 2.75) is 44.2 Å². The van der Waals surface area contributed by atoms with Crippen molar-refractivity contribution in [3.8, 4) is 0 Å². The van der Waals surface area contributed by atoms with Crippen LogP contribution in [-0.2, 0) is 21.4 Å². The Morgan fingerprint density at radius 2 is 1.68 bits per heavy atom. The Morgan fingerprint density at radius 1 is 1.00 bits per heavy atom. The van der Waals surface area contributed by atoms with E-state index in [1.165, 1.54) is 22.7 Å². The lowest BCUT2D eigenvalue weighted by molar-refractivity contribution is -0.110. The number of likely N-dealkylation sites (tertiary alicyclic amines) is 1. The summed E-state index contributed by atoms with van der Waals surface area (Å²) in [5.41, 5.74) is 5.12. The topological polar surface area (TPSA) is 81.8 Å². The summed E-state index contributed by atoms with van der Waals surface area (Å²) in [7, 11) is -2.15. The van der Waals surface area contributed by atoms with Crippen molar-refractivity contribution in [2.75, 3.05) is 30.8 Å². The number of fused-ring (bicyclic) bond motifs is 1. The number of sulfonamides is 1. The zero-order chi connectivity index (χ0) is 26.9. The highest BCUT2D eigenvalue weighted by molar-refractivity contribution is 7.89. The Hall–Kier alpha value is -3.46. The molecular weight excluding hydrogens is 496 g/mol. The van der Waals surface area contributed by atoms with E-state index in [0.29, 0.717) is 22.5 Å². The predicted molar refractivity (Wildman–Crippen MR) is 153 cm³/mol. The average Bonchev–Trinajstić information content (AvgIpc) is 3.54. The van der Waals surface area contributed by atoms with Gasteiger partial charge in [0.15, 0.2) is 0 Å². The van der Waals surface area contributed by atoms with Crippen LogP contribution >= 0.6 is 0 Å². The molecule has 2 aliphatic rings. The molecule has 0 saturated carbocycles. The van der Waals surface area contributed by atoms with Gasteiger partial charge >= 0.3 is 0 Å². The van der Waals surface area contributed by atoms with Gasteiger partial charge in [-0.15, -0.1) is 0 Å². The van der Waals surface area contributed by atoms with Gasteiger partial charge in [-0.25, -0.2) is 8.42 Å². The van der Waals surface area contributed by atoms with E-state index in [0.717, 1.165) is 30.9 Å². The minimum Gasteiger partial charge on any atom is -0.354 e. The fraction of sp³-hybridized carbons (Fsp3) is 0.300. The monoisotopic (exact) mass is 530 g/mol. The lowest BCUT2D eigenvalue weighted by Crippen LogP contribution is -2.33. The van der Waals surface area contributed by atoms with E-state index in [1.807, 2.05) is 56.3 Å². The van der Waals surface area contributed by atoms with Gasteiger partial charge in [-0.3, -0.25) is 9.69 Å². The number of rotatable bonds is 8. The summed E-state index contributed by atoms with van der Waals surface area (Å²) in [5.74, 6) is -0.274. The van der Waals surface area contributed by atoms with E-state index in [4.69, 9.17) is 0 Å². The second kappa shape index (κ2) is 10.7. The number of anilines is 2. The average molecular weight is 531 g/mol. The first-order valence-electron chi connectivity index (χ1n) is 13.1. The molecule has 0 atom stereocenters. The third-order valence-corrected chi connectivity index (χ3v) is 9.31. The molecule has 5 rings (SSSR count). The molecular formula is C30H34N4O3S. The molecule has 38 heavy (non-hydrogen) atoms. The molecule has 3 aromatic carbocycles. The summed E-state index contributed by atoms with van der Waals surface area (Å²) < 4.78 is 27.8. The number of carbonyl (C=O) groups is 1. The van der Waals surface area contributed by atoms with Crippen LogP contribution in [0, 0.1) is 0 Å². The van der Waals surface area contributed by atoms with Gasteiger partial charge in [0.25, 0.3) is 5.91 Å². The maximum absolute atomic E-state index is 13.3. The van der Waals surface area contributed by atoms with Gasteiger partial charge in [0.2, 0.25) is 10.0 Å². The zero-order valence-corrected chi connectivity index (χ0v) is 22.9. The molecule has 1 saturated heterocycles. The van der Waals surface area contributed by atoms with Crippen LogP contribution in [-0.4, -0.2) is 49.7 Å². The van der Waals surface area contributed by atoms with Gasteiger partial charge in [0.05, 0.1) is 16.2 Å². The number of nitrogens with one attached hydrogen (secondary N) is 2. The van der Waals surface area contributed by atoms with E-state index < -0.39 is 10.0 Å². The summed E-state index contributed by atoms with van der Waals surface area (Å²) in [6, 6.07) is 22.5. The molecule has 0 aromatic heterocycles. The normalized spacial score (nSPS) is 17.1. The lowest BCUT2D eigenvalue weighted by Gasteiger charge is -2.21. The van der Waals surface area contributed by atoms with Crippen LogP contribution in [0.5, 0.6) is 0 Å². The molecule has 1 amide bonds. The van der Waals surface area contributed by atoms with Gasteiger partial charge in [0.1, 0.15) is 0 Å². The number of carbonyl (C=O) groups excluding carboxylic acids is 1. The molecule has 3 aromatic rings. The third-order valence-electron chi connectivity index (χ3n) is 7.28. The van der Waals surface area contributed by atoms with Gasteiger partial charge in [0, 0.05) is 36.6 Å². The summed E-state index contributed by atoms with van der Waals surface area (Å²) in [6.07, 6.45) is 2.52. The number of nitrogens with zero attached hydrogens (tertiary/aromatic N) is 2. The predicted octanol–water partition coefficient (Wildman–Crippen LogP) is 5.24. The fourth-order valence-corrected chi connectivity index (χ4v) is 6.31. The SMILES string of the molecule is CC(C)N(C)S(=O)(=O)c1ccc2c(c1)/C(=C(/Nc1ccc(CN3CCCC3)cc1)c1ccccc1)C(=O)N2. The smallest absolute Gasteiger partial charge is 0.258 e. The minimum atomic E-state index is -3.72. The Labute approximate surface area is 225 Å². The largest absolute Gasteiger partial charge is 0.354 e. The first kappa shape index (κ1) is 26.2. The lowest BCUT2D eigenvalue weighted by atomic mass is 10.00. The third kappa shape index (κ3) is 5.25. The second-order valence-corrected chi connectivity index (χ2v) is 12.2. The van der Waals surface area contributed by atoms with Crippen LogP contribution in [0.3, 0.4) is 0 Å². The maximum Gasteiger partial charge on any atom is 0.258 e. The molecule has 0 radical (unpaired) electrons. The summed E-state index contributed by atoms with van der Waals surface area (Å²) in [4.78, 5) is 15.9. The number of hydrogen-bond acceptors (Lipinski definition) is 5. The molecule has 2 N–H and O–H groups in total. The highest BCUT2D eigenvalue weighted by Crippen LogP contribution is 2.39. The molecule has 0 spiro atoms. The molecule has 0 bridgehead atoms. The van der Waals surface area contributed by atoms with Crippen molar-refractivity contribution in [1.82, 2.24) is 9.21 Å².